The number of hydrogen-bond acceptors (Lipinski definition) is 4. The summed E-state index contributed by atoms with van der Waals surface area (Å²) in [5, 5.41) is 12.4. The monoisotopic (exact) mass is 525 g/mol. The molecule has 0 aromatic heterocycles. The van der Waals surface area contributed by atoms with Crippen LogP contribution in [0.4, 0.5) is 4.79 Å². The molecule has 0 aliphatic heterocycles. The van der Waals surface area contributed by atoms with Crippen molar-refractivity contribution < 1.29 is 14.3 Å². The molecule has 0 aromatic carbocycles. The summed E-state index contributed by atoms with van der Waals surface area (Å²) in [7, 11) is 1.72. The highest BCUT2D eigenvalue weighted by molar-refractivity contribution is 14.0. The minimum atomic E-state index is -0.514. The van der Waals surface area contributed by atoms with Gasteiger partial charge in [0.15, 0.2) is 5.96 Å². The van der Waals surface area contributed by atoms with Gasteiger partial charge in [0, 0.05) is 38.6 Å². The van der Waals surface area contributed by atoms with Crippen molar-refractivity contribution >= 4 is 41.9 Å². The van der Waals surface area contributed by atoms with Gasteiger partial charge in [-0.15, -0.1) is 24.0 Å². The molecule has 0 bridgehead atoms. The summed E-state index contributed by atoms with van der Waals surface area (Å²) in [6, 6.07) is 0.462. The molecule has 1 saturated carbocycles. The summed E-state index contributed by atoms with van der Waals surface area (Å²) in [6.45, 7) is 8.79. The molecule has 1 unspecified atom stereocenters. The van der Waals surface area contributed by atoms with E-state index in [0.29, 0.717) is 31.5 Å². The Bertz CT molecular complexity index is 519. The molecule has 0 saturated heterocycles. The third-order valence-corrected chi connectivity index (χ3v) is 4.18. The van der Waals surface area contributed by atoms with Gasteiger partial charge in [0.2, 0.25) is 5.91 Å². The largest absolute Gasteiger partial charge is 0.444 e. The second-order valence-electron chi connectivity index (χ2n) is 8.31. The molecule has 8 nitrogen and oxygen atoms in total. The average molecular weight is 525 g/mol. The Labute approximate surface area is 192 Å². The first-order valence-electron chi connectivity index (χ1n) is 10.5. The third-order valence-electron chi connectivity index (χ3n) is 4.18. The topological polar surface area (TPSA) is 104 Å². The lowest BCUT2D eigenvalue weighted by Gasteiger charge is -2.24. The number of rotatable bonds is 11. The molecule has 1 atom stereocenters. The lowest BCUT2D eigenvalue weighted by atomic mass is 10.1. The number of halogens is 1. The van der Waals surface area contributed by atoms with Crippen LogP contribution in [0.2, 0.25) is 0 Å². The molecule has 0 spiro atoms. The molecular formula is C20H40IN5O3. The number of amides is 2. The first kappa shape index (κ1) is 27.7. The first-order chi connectivity index (χ1) is 13.2. The number of aliphatic imine (C=N–C) groups is 1. The van der Waals surface area contributed by atoms with Gasteiger partial charge in [0.25, 0.3) is 0 Å². The Morgan fingerprint density at radius 3 is 2.41 bits per heavy atom. The number of unbranched alkanes of at least 4 members (excludes halogenated alkanes) is 1. The van der Waals surface area contributed by atoms with Crippen LogP contribution < -0.4 is 21.3 Å². The quantitative estimate of drug-likeness (QED) is 0.144. The van der Waals surface area contributed by atoms with Gasteiger partial charge in [-0.1, -0.05) is 19.8 Å². The van der Waals surface area contributed by atoms with Crippen LogP contribution in [0, 0.1) is 0 Å². The smallest absolute Gasteiger partial charge is 0.407 e. The summed E-state index contributed by atoms with van der Waals surface area (Å²) in [4.78, 5) is 27.9. The van der Waals surface area contributed by atoms with E-state index in [1.54, 1.807) is 7.05 Å². The zero-order valence-corrected chi connectivity index (χ0v) is 20.9. The van der Waals surface area contributed by atoms with Crippen molar-refractivity contribution in [3.05, 3.63) is 0 Å². The molecule has 4 N–H and O–H groups in total. The predicted octanol–water partition coefficient (Wildman–Crippen LogP) is 2.91. The van der Waals surface area contributed by atoms with Crippen LogP contribution in [0.15, 0.2) is 4.99 Å². The van der Waals surface area contributed by atoms with Crippen LogP contribution in [-0.4, -0.2) is 55.8 Å². The second-order valence-corrected chi connectivity index (χ2v) is 8.31. The zero-order valence-electron chi connectivity index (χ0n) is 18.6. The number of nitrogens with zero attached hydrogens (tertiary/aromatic N) is 1. The highest BCUT2D eigenvalue weighted by Crippen LogP contribution is 2.18. The number of carbonyl (C=O) groups excluding carboxylic acids is 2. The van der Waals surface area contributed by atoms with Gasteiger partial charge < -0.3 is 26.0 Å². The fraction of sp³-hybridized carbons (Fsp3) is 0.850. The fourth-order valence-electron chi connectivity index (χ4n) is 2.57. The molecule has 29 heavy (non-hydrogen) atoms. The molecule has 0 radical (unpaired) electrons. The summed E-state index contributed by atoms with van der Waals surface area (Å²) < 4.78 is 5.30. The maximum Gasteiger partial charge on any atom is 0.407 e. The number of hydrogen-bond donors (Lipinski definition) is 4. The van der Waals surface area contributed by atoms with E-state index in [9.17, 15) is 9.59 Å². The average Bonchev–Trinajstić information content (AvgIpc) is 3.41. The molecule has 2 amide bonds. The maximum atomic E-state index is 11.9. The summed E-state index contributed by atoms with van der Waals surface area (Å²) in [5.74, 6) is 0.796. The summed E-state index contributed by atoms with van der Waals surface area (Å²) >= 11 is 0. The lowest BCUT2D eigenvalue weighted by molar-refractivity contribution is -0.121. The highest BCUT2D eigenvalue weighted by Gasteiger charge is 2.22. The summed E-state index contributed by atoms with van der Waals surface area (Å²) in [5.41, 5.74) is -0.514. The maximum absolute atomic E-state index is 11.9. The van der Waals surface area contributed by atoms with E-state index >= 15 is 0 Å². The molecular weight excluding hydrogens is 485 g/mol. The van der Waals surface area contributed by atoms with Crippen LogP contribution in [-0.2, 0) is 9.53 Å². The number of nitrogens with one attached hydrogen (secondary N) is 4. The van der Waals surface area contributed by atoms with E-state index in [-0.39, 0.29) is 35.9 Å². The van der Waals surface area contributed by atoms with Gasteiger partial charge in [0.05, 0.1) is 0 Å². The molecule has 1 rings (SSSR count). The molecule has 1 fully saturated rings. The van der Waals surface area contributed by atoms with Crippen molar-refractivity contribution in [1.29, 1.82) is 0 Å². The van der Waals surface area contributed by atoms with E-state index in [1.165, 1.54) is 0 Å². The van der Waals surface area contributed by atoms with Crippen LogP contribution in [0.5, 0.6) is 0 Å². The number of guanidine groups is 1. The van der Waals surface area contributed by atoms with Gasteiger partial charge >= 0.3 is 6.09 Å². The third kappa shape index (κ3) is 15.3. The number of ether oxygens (including phenoxy) is 1. The molecule has 0 aromatic rings. The Kier molecular flexibility index (Phi) is 14.0. The Morgan fingerprint density at radius 2 is 1.86 bits per heavy atom. The van der Waals surface area contributed by atoms with Crippen molar-refractivity contribution in [2.45, 2.75) is 90.3 Å². The van der Waals surface area contributed by atoms with Gasteiger partial charge in [-0.3, -0.25) is 9.79 Å². The van der Waals surface area contributed by atoms with Crippen molar-refractivity contribution in [2.75, 3.05) is 20.1 Å². The van der Waals surface area contributed by atoms with Crippen molar-refractivity contribution in [1.82, 2.24) is 21.3 Å². The lowest BCUT2D eigenvalue weighted by Crippen LogP contribution is -2.49. The highest BCUT2D eigenvalue weighted by atomic mass is 127. The number of alkyl carbamates (subject to hydrolysis) is 1. The first-order valence-corrected chi connectivity index (χ1v) is 10.5. The van der Waals surface area contributed by atoms with Crippen molar-refractivity contribution in [3.63, 3.8) is 0 Å². The molecule has 1 aliphatic rings. The van der Waals surface area contributed by atoms with Crippen LogP contribution in [0.1, 0.15) is 72.6 Å². The standard InChI is InChI=1S/C20H39N5O3.HI/c1-6-7-9-16(14-23-19(27)28-20(2,3)4)25-18(21-5)22-13-8-10-17(26)24-15-11-12-15;/h15-16H,6-14H2,1-5H3,(H,23,27)(H,24,26)(H2,21,22,25);1H. The minimum absolute atomic E-state index is 0. The minimum Gasteiger partial charge on any atom is -0.444 e. The molecule has 1 aliphatic carbocycles. The van der Waals surface area contributed by atoms with Crippen LogP contribution >= 0.6 is 24.0 Å². The van der Waals surface area contributed by atoms with E-state index in [4.69, 9.17) is 4.74 Å². The van der Waals surface area contributed by atoms with Crippen LogP contribution in [0.3, 0.4) is 0 Å². The normalized spacial score (nSPS) is 15.0. The van der Waals surface area contributed by atoms with E-state index in [1.807, 2.05) is 20.8 Å². The Balaban J connectivity index is 0.00000784. The molecule has 9 heteroatoms. The van der Waals surface area contributed by atoms with E-state index in [2.05, 4.69) is 33.2 Å². The Morgan fingerprint density at radius 1 is 1.17 bits per heavy atom. The van der Waals surface area contributed by atoms with Crippen LogP contribution in [0.25, 0.3) is 0 Å². The summed E-state index contributed by atoms with van der Waals surface area (Å²) in [6.07, 6.45) is 6.10. The van der Waals surface area contributed by atoms with E-state index < -0.39 is 11.7 Å². The molecule has 170 valence electrons. The van der Waals surface area contributed by atoms with Gasteiger partial charge in [0.1, 0.15) is 5.60 Å². The zero-order chi connectivity index (χ0) is 21.0. The Hall–Kier alpha value is -1.26. The van der Waals surface area contributed by atoms with Gasteiger partial charge in [-0.05, 0) is 46.5 Å². The SMILES string of the molecule is CCCCC(CNC(=O)OC(C)(C)C)NC(=NC)NCCCC(=O)NC1CC1.I. The molecule has 0 heterocycles. The van der Waals surface area contributed by atoms with Crippen molar-refractivity contribution in [3.8, 4) is 0 Å². The van der Waals surface area contributed by atoms with Crippen molar-refractivity contribution in [2.24, 2.45) is 4.99 Å². The van der Waals surface area contributed by atoms with Gasteiger partial charge in [-0.25, -0.2) is 4.79 Å². The fourth-order valence-corrected chi connectivity index (χ4v) is 2.57. The van der Waals surface area contributed by atoms with E-state index in [0.717, 1.165) is 38.5 Å². The van der Waals surface area contributed by atoms with Gasteiger partial charge in [-0.2, -0.15) is 0 Å². The number of carbonyl (C=O) groups is 2. The predicted molar refractivity (Wildman–Crippen MR) is 128 cm³/mol. The second kappa shape index (κ2) is 14.7.